The molecule has 0 spiro atoms. The molecule has 0 aliphatic carbocycles. The Morgan fingerprint density at radius 2 is 2.14 bits per heavy atom. The van der Waals surface area contributed by atoms with Crippen LogP contribution in [0.1, 0.15) is 19.4 Å². The lowest BCUT2D eigenvalue weighted by Gasteiger charge is -2.17. The third-order valence-electron chi connectivity index (χ3n) is 2.74. The van der Waals surface area contributed by atoms with Crippen LogP contribution in [0.3, 0.4) is 0 Å². The maximum Gasteiger partial charge on any atom is 0.326 e. The van der Waals surface area contributed by atoms with Crippen LogP contribution >= 0.6 is 0 Å². The van der Waals surface area contributed by atoms with Gasteiger partial charge >= 0.3 is 11.7 Å². The maximum atomic E-state index is 11.7. The molecule has 1 aromatic rings. The molecular formula is C14H20N2O5. The van der Waals surface area contributed by atoms with Gasteiger partial charge in [-0.25, -0.2) is 0 Å². The Balaban J connectivity index is 2.80. The number of nitrogens with one attached hydrogen (secondary N) is 1. The van der Waals surface area contributed by atoms with E-state index in [9.17, 15) is 14.9 Å². The summed E-state index contributed by atoms with van der Waals surface area (Å²) in [5.41, 5.74) is 0.650. The van der Waals surface area contributed by atoms with E-state index in [-0.39, 0.29) is 24.7 Å². The number of nitro benzene ring substituents is 1. The molecule has 0 saturated carbocycles. The number of benzene rings is 1. The summed E-state index contributed by atoms with van der Waals surface area (Å²) in [6.45, 7) is 6.12. The third kappa shape index (κ3) is 5.03. The average Bonchev–Trinajstić information content (AvgIpc) is 2.44. The predicted molar refractivity (Wildman–Crippen MR) is 77.4 cm³/mol. The van der Waals surface area contributed by atoms with Crippen LogP contribution in [0.2, 0.25) is 0 Å². The van der Waals surface area contributed by atoms with Crippen LogP contribution in [0.15, 0.2) is 18.2 Å². The molecule has 1 atom stereocenters. The van der Waals surface area contributed by atoms with Gasteiger partial charge < -0.3 is 14.8 Å². The van der Waals surface area contributed by atoms with Crippen LogP contribution in [0, 0.1) is 17.0 Å². The van der Waals surface area contributed by atoms with Gasteiger partial charge in [0.1, 0.15) is 12.6 Å². The number of hydrogen-bond acceptors (Lipinski definition) is 6. The van der Waals surface area contributed by atoms with E-state index in [1.165, 1.54) is 12.1 Å². The maximum absolute atomic E-state index is 11.7. The molecule has 0 radical (unpaired) electrons. The van der Waals surface area contributed by atoms with Crippen LogP contribution in [0.25, 0.3) is 0 Å². The van der Waals surface area contributed by atoms with Crippen molar-refractivity contribution in [2.75, 3.05) is 19.8 Å². The van der Waals surface area contributed by atoms with Gasteiger partial charge in [0.2, 0.25) is 0 Å². The number of likely N-dealkylation sites (N-methyl/N-ethyl adjacent to an activating group) is 1. The Bertz CT molecular complexity index is 504. The summed E-state index contributed by atoms with van der Waals surface area (Å²) in [7, 11) is 0. The van der Waals surface area contributed by atoms with E-state index in [0.717, 1.165) is 5.56 Å². The quantitative estimate of drug-likeness (QED) is 0.447. The summed E-state index contributed by atoms with van der Waals surface area (Å²) < 4.78 is 10.4. The van der Waals surface area contributed by atoms with E-state index in [1.54, 1.807) is 19.9 Å². The van der Waals surface area contributed by atoms with E-state index in [1.807, 2.05) is 6.92 Å². The second-order valence-corrected chi connectivity index (χ2v) is 4.40. The van der Waals surface area contributed by atoms with Crippen molar-refractivity contribution in [2.45, 2.75) is 26.8 Å². The van der Waals surface area contributed by atoms with Crippen molar-refractivity contribution >= 4 is 11.7 Å². The lowest BCUT2D eigenvalue weighted by molar-refractivity contribution is -0.385. The summed E-state index contributed by atoms with van der Waals surface area (Å²) in [5.74, 6) is -0.299. The molecule has 7 nitrogen and oxygen atoms in total. The van der Waals surface area contributed by atoms with E-state index in [4.69, 9.17) is 9.47 Å². The highest BCUT2D eigenvalue weighted by molar-refractivity contribution is 5.76. The fourth-order valence-electron chi connectivity index (χ4n) is 1.76. The minimum Gasteiger partial charge on any atom is -0.485 e. The van der Waals surface area contributed by atoms with Gasteiger partial charge in [-0.1, -0.05) is 13.0 Å². The molecule has 0 saturated heterocycles. The first-order chi connectivity index (χ1) is 9.99. The van der Waals surface area contributed by atoms with E-state index < -0.39 is 16.9 Å². The van der Waals surface area contributed by atoms with Gasteiger partial charge in [-0.2, -0.15) is 0 Å². The van der Waals surface area contributed by atoms with Gasteiger partial charge in [-0.05, 0) is 32.0 Å². The zero-order valence-electron chi connectivity index (χ0n) is 12.4. The number of rotatable bonds is 8. The Morgan fingerprint density at radius 1 is 1.43 bits per heavy atom. The summed E-state index contributed by atoms with van der Waals surface area (Å²) in [5, 5.41) is 13.9. The highest BCUT2D eigenvalue weighted by Crippen LogP contribution is 2.27. The Labute approximate surface area is 123 Å². The number of hydrogen-bond donors (Lipinski definition) is 1. The highest BCUT2D eigenvalue weighted by atomic mass is 16.6. The minimum atomic E-state index is -0.657. The van der Waals surface area contributed by atoms with Crippen LogP contribution in [-0.2, 0) is 9.53 Å². The van der Waals surface area contributed by atoms with Gasteiger partial charge in [0.05, 0.1) is 11.5 Å². The van der Waals surface area contributed by atoms with E-state index >= 15 is 0 Å². The molecule has 0 fully saturated rings. The van der Waals surface area contributed by atoms with Crippen LogP contribution in [-0.4, -0.2) is 36.7 Å². The zero-order chi connectivity index (χ0) is 15.8. The Kier molecular flexibility index (Phi) is 6.61. The minimum absolute atomic E-state index is 0.0312. The molecule has 0 bridgehead atoms. The number of nitrogens with zero attached hydrogens (tertiary/aromatic N) is 1. The molecule has 1 unspecified atom stereocenters. The molecule has 0 amide bonds. The first-order valence-corrected chi connectivity index (χ1v) is 6.77. The molecule has 0 aliphatic rings. The second-order valence-electron chi connectivity index (χ2n) is 4.40. The molecule has 0 aliphatic heterocycles. The van der Waals surface area contributed by atoms with Crippen molar-refractivity contribution in [3.05, 3.63) is 33.9 Å². The largest absolute Gasteiger partial charge is 0.485 e. The topological polar surface area (TPSA) is 90.7 Å². The first-order valence-electron chi connectivity index (χ1n) is 6.77. The van der Waals surface area contributed by atoms with Crippen molar-refractivity contribution in [2.24, 2.45) is 0 Å². The van der Waals surface area contributed by atoms with Gasteiger partial charge in [-0.3, -0.25) is 14.9 Å². The van der Waals surface area contributed by atoms with E-state index in [2.05, 4.69) is 5.32 Å². The highest BCUT2D eigenvalue weighted by Gasteiger charge is 2.22. The van der Waals surface area contributed by atoms with Crippen molar-refractivity contribution in [1.29, 1.82) is 0 Å². The molecule has 1 N–H and O–H groups in total. The first kappa shape index (κ1) is 16.9. The normalized spacial score (nSPS) is 11.8. The fourth-order valence-corrected chi connectivity index (χ4v) is 1.76. The Morgan fingerprint density at radius 3 is 2.71 bits per heavy atom. The number of ether oxygens (including phenoxy) is 2. The van der Waals surface area contributed by atoms with Crippen molar-refractivity contribution in [1.82, 2.24) is 5.32 Å². The fraction of sp³-hybridized carbons (Fsp3) is 0.500. The molecule has 21 heavy (non-hydrogen) atoms. The number of esters is 1. The summed E-state index contributed by atoms with van der Waals surface area (Å²) >= 11 is 0. The summed E-state index contributed by atoms with van der Waals surface area (Å²) in [4.78, 5) is 22.2. The lowest BCUT2D eigenvalue weighted by atomic mass is 10.2. The molecular weight excluding hydrogens is 276 g/mol. The zero-order valence-corrected chi connectivity index (χ0v) is 12.4. The Hall–Kier alpha value is -2.15. The smallest absolute Gasteiger partial charge is 0.326 e. The number of carbonyl (C=O) groups excluding carboxylic acids is 1. The van der Waals surface area contributed by atoms with Gasteiger partial charge in [0.15, 0.2) is 5.75 Å². The average molecular weight is 296 g/mol. The van der Waals surface area contributed by atoms with Crippen molar-refractivity contribution in [3.8, 4) is 5.75 Å². The standard InChI is InChI=1S/C14H20N2O5/c1-4-15-11(14(17)20-5-2)9-21-13-7-6-10(3)8-12(13)16(18)19/h6-8,11,15H,4-5,9H2,1-3H3. The second kappa shape index (κ2) is 8.21. The van der Waals surface area contributed by atoms with Gasteiger partial charge in [0, 0.05) is 6.07 Å². The van der Waals surface area contributed by atoms with Crippen molar-refractivity contribution < 1.29 is 19.2 Å². The van der Waals surface area contributed by atoms with Crippen LogP contribution in [0.5, 0.6) is 5.75 Å². The lowest BCUT2D eigenvalue weighted by Crippen LogP contribution is -2.42. The molecule has 0 aromatic heterocycles. The molecule has 1 rings (SSSR count). The molecule has 116 valence electrons. The monoisotopic (exact) mass is 296 g/mol. The predicted octanol–water partition coefficient (Wildman–Crippen LogP) is 1.82. The van der Waals surface area contributed by atoms with Crippen LogP contribution < -0.4 is 10.1 Å². The third-order valence-corrected chi connectivity index (χ3v) is 2.74. The van der Waals surface area contributed by atoms with Gasteiger partial charge in [0.25, 0.3) is 0 Å². The number of aryl methyl sites for hydroxylation is 1. The number of carbonyl (C=O) groups is 1. The number of nitro groups is 1. The molecule has 0 heterocycles. The van der Waals surface area contributed by atoms with Crippen molar-refractivity contribution in [3.63, 3.8) is 0 Å². The molecule has 1 aromatic carbocycles. The summed E-state index contributed by atoms with van der Waals surface area (Å²) in [6.07, 6.45) is 0. The SMILES string of the molecule is CCNC(COc1ccc(C)cc1[N+](=O)[O-])C(=O)OCC. The molecule has 7 heteroatoms. The summed E-state index contributed by atoms with van der Waals surface area (Å²) in [6, 6.07) is 4.02. The van der Waals surface area contributed by atoms with Gasteiger partial charge in [-0.15, -0.1) is 0 Å². The van der Waals surface area contributed by atoms with Crippen LogP contribution in [0.4, 0.5) is 5.69 Å². The van der Waals surface area contributed by atoms with E-state index in [0.29, 0.717) is 6.54 Å².